The van der Waals surface area contributed by atoms with Crippen LogP contribution in [0, 0.1) is 6.92 Å². The van der Waals surface area contributed by atoms with Gasteiger partial charge in [0.1, 0.15) is 5.76 Å². The Morgan fingerprint density at radius 1 is 1.32 bits per heavy atom. The number of urea groups is 1. The van der Waals surface area contributed by atoms with Gasteiger partial charge in [0, 0.05) is 11.8 Å². The summed E-state index contributed by atoms with van der Waals surface area (Å²) in [6, 6.07) is 6.65. The number of aromatic amines is 1. The quantitative estimate of drug-likeness (QED) is 0.657. The average Bonchev–Trinajstić information content (AvgIpc) is 2.97. The van der Waals surface area contributed by atoms with Crippen molar-refractivity contribution < 1.29 is 9.32 Å². The molecule has 3 rings (SSSR count). The molecule has 0 radical (unpaired) electrons. The second kappa shape index (κ2) is 4.45. The van der Waals surface area contributed by atoms with Gasteiger partial charge in [0.2, 0.25) is 0 Å². The van der Waals surface area contributed by atoms with E-state index in [-0.39, 0.29) is 6.03 Å². The number of hydrogen-bond donors (Lipinski definition) is 3. The van der Waals surface area contributed by atoms with E-state index in [1.807, 2.05) is 6.07 Å². The van der Waals surface area contributed by atoms with Crippen LogP contribution in [0.2, 0.25) is 0 Å². The predicted octanol–water partition coefficient (Wildman–Crippen LogP) is 2.50. The fourth-order valence-corrected chi connectivity index (χ4v) is 1.72. The first-order chi connectivity index (χ1) is 9.20. The monoisotopic (exact) mass is 257 g/mol. The highest BCUT2D eigenvalue weighted by Gasteiger charge is 2.06. The number of amides is 2. The first-order valence-electron chi connectivity index (χ1n) is 5.65. The van der Waals surface area contributed by atoms with Crippen molar-refractivity contribution >= 4 is 28.6 Å². The SMILES string of the molecule is Cc1cc(NC(=O)Nc2ccc3nc[nH]c3c2)no1. The summed E-state index contributed by atoms with van der Waals surface area (Å²) >= 11 is 0. The van der Waals surface area contributed by atoms with Crippen LogP contribution in [-0.2, 0) is 0 Å². The first-order valence-corrected chi connectivity index (χ1v) is 5.65. The predicted molar refractivity (Wildman–Crippen MR) is 70.0 cm³/mol. The molecule has 0 aliphatic heterocycles. The Labute approximate surface area is 108 Å². The van der Waals surface area contributed by atoms with Crippen LogP contribution in [0.25, 0.3) is 11.0 Å². The second-order valence-electron chi connectivity index (χ2n) is 4.04. The third-order valence-corrected chi connectivity index (χ3v) is 2.55. The molecule has 2 amide bonds. The summed E-state index contributed by atoms with van der Waals surface area (Å²) in [6.45, 7) is 1.75. The van der Waals surface area contributed by atoms with Crippen molar-refractivity contribution in [2.24, 2.45) is 0 Å². The van der Waals surface area contributed by atoms with Gasteiger partial charge in [0.15, 0.2) is 5.82 Å². The number of carbonyl (C=O) groups excluding carboxylic acids is 1. The van der Waals surface area contributed by atoms with Gasteiger partial charge in [-0.3, -0.25) is 5.32 Å². The summed E-state index contributed by atoms with van der Waals surface area (Å²) in [4.78, 5) is 18.8. The molecule has 7 heteroatoms. The van der Waals surface area contributed by atoms with Gasteiger partial charge in [-0.25, -0.2) is 9.78 Å². The van der Waals surface area contributed by atoms with Crippen LogP contribution in [0.4, 0.5) is 16.3 Å². The highest BCUT2D eigenvalue weighted by molar-refractivity contribution is 6.00. The number of aryl methyl sites for hydroxylation is 1. The lowest BCUT2D eigenvalue weighted by Gasteiger charge is -2.04. The van der Waals surface area contributed by atoms with E-state index >= 15 is 0 Å². The summed E-state index contributed by atoms with van der Waals surface area (Å²) in [5.74, 6) is 1.01. The zero-order valence-corrected chi connectivity index (χ0v) is 10.1. The summed E-state index contributed by atoms with van der Waals surface area (Å²) in [5, 5.41) is 8.95. The molecule has 2 aromatic heterocycles. The van der Waals surface area contributed by atoms with Gasteiger partial charge in [-0.05, 0) is 25.1 Å². The summed E-state index contributed by atoms with van der Waals surface area (Å²) < 4.78 is 4.86. The molecule has 0 spiro atoms. The largest absolute Gasteiger partial charge is 0.360 e. The lowest BCUT2D eigenvalue weighted by Crippen LogP contribution is -2.19. The molecule has 1 aromatic carbocycles. The van der Waals surface area contributed by atoms with E-state index in [1.54, 1.807) is 31.5 Å². The van der Waals surface area contributed by atoms with Crippen molar-refractivity contribution in [3.8, 4) is 0 Å². The Kier molecular flexibility index (Phi) is 2.64. The maximum atomic E-state index is 11.7. The molecule has 0 aliphatic carbocycles. The van der Waals surface area contributed by atoms with Crippen molar-refractivity contribution in [3.05, 3.63) is 36.4 Å². The molecule has 2 heterocycles. The van der Waals surface area contributed by atoms with Crippen molar-refractivity contribution in [2.45, 2.75) is 6.92 Å². The van der Waals surface area contributed by atoms with E-state index < -0.39 is 0 Å². The molecule has 7 nitrogen and oxygen atoms in total. The van der Waals surface area contributed by atoms with Crippen LogP contribution in [0.1, 0.15) is 5.76 Å². The molecule has 3 aromatic rings. The topological polar surface area (TPSA) is 95.8 Å². The third-order valence-electron chi connectivity index (χ3n) is 2.55. The third kappa shape index (κ3) is 2.39. The number of hydrogen-bond acceptors (Lipinski definition) is 4. The van der Waals surface area contributed by atoms with E-state index in [0.717, 1.165) is 11.0 Å². The molecule has 0 saturated carbocycles. The smallest absolute Gasteiger partial charge is 0.324 e. The van der Waals surface area contributed by atoms with E-state index in [2.05, 4.69) is 25.8 Å². The molecule has 0 bridgehead atoms. The van der Waals surface area contributed by atoms with Crippen LogP contribution >= 0.6 is 0 Å². The summed E-state index contributed by atoms with van der Waals surface area (Å²) in [6.07, 6.45) is 1.60. The molecular formula is C12H11N5O2. The molecule has 0 atom stereocenters. The Balaban J connectivity index is 1.71. The Hall–Kier alpha value is -2.83. The fourth-order valence-electron chi connectivity index (χ4n) is 1.72. The number of benzene rings is 1. The van der Waals surface area contributed by atoms with Crippen LogP contribution < -0.4 is 10.6 Å². The standard InChI is InChI=1S/C12H11N5O2/c1-7-4-11(17-19-7)16-12(18)15-8-2-3-9-10(5-8)14-6-13-9/h2-6H,1H3,(H,13,14)(H2,15,16,17,18). The lowest BCUT2D eigenvalue weighted by atomic mass is 10.3. The second-order valence-corrected chi connectivity index (χ2v) is 4.04. The van der Waals surface area contributed by atoms with Crippen molar-refractivity contribution in [1.29, 1.82) is 0 Å². The van der Waals surface area contributed by atoms with E-state index in [0.29, 0.717) is 17.3 Å². The molecule has 96 valence electrons. The van der Waals surface area contributed by atoms with Gasteiger partial charge in [-0.15, -0.1) is 0 Å². The van der Waals surface area contributed by atoms with Gasteiger partial charge in [0.05, 0.1) is 17.4 Å². The van der Waals surface area contributed by atoms with E-state index in [4.69, 9.17) is 4.52 Å². The van der Waals surface area contributed by atoms with E-state index in [9.17, 15) is 4.79 Å². The molecule has 19 heavy (non-hydrogen) atoms. The number of anilines is 2. The number of nitrogens with one attached hydrogen (secondary N) is 3. The van der Waals surface area contributed by atoms with Crippen molar-refractivity contribution in [3.63, 3.8) is 0 Å². The zero-order valence-electron chi connectivity index (χ0n) is 10.1. The number of imidazole rings is 1. The van der Waals surface area contributed by atoms with Crippen LogP contribution in [0.15, 0.2) is 35.1 Å². The van der Waals surface area contributed by atoms with Gasteiger partial charge in [0.25, 0.3) is 0 Å². The minimum atomic E-state index is -0.382. The number of rotatable bonds is 2. The number of nitrogens with zero attached hydrogens (tertiary/aromatic N) is 2. The minimum Gasteiger partial charge on any atom is -0.360 e. The highest BCUT2D eigenvalue weighted by atomic mass is 16.5. The molecule has 0 fully saturated rings. The van der Waals surface area contributed by atoms with Gasteiger partial charge >= 0.3 is 6.03 Å². The zero-order chi connectivity index (χ0) is 13.2. The first kappa shape index (κ1) is 11.3. The molecule has 0 saturated heterocycles. The number of H-pyrrole nitrogens is 1. The Morgan fingerprint density at radius 3 is 3.00 bits per heavy atom. The highest BCUT2D eigenvalue weighted by Crippen LogP contribution is 2.16. The maximum Gasteiger partial charge on any atom is 0.324 e. The van der Waals surface area contributed by atoms with Crippen molar-refractivity contribution in [1.82, 2.24) is 15.1 Å². The van der Waals surface area contributed by atoms with Crippen LogP contribution in [-0.4, -0.2) is 21.2 Å². The Morgan fingerprint density at radius 2 is 2.21 bits per heavy atom. The molecule has 0 unspecified atom stereocenters. The fraction of sp³-hybridized carbons (Fsp3) is 0.0833. The summed E-state index contributed by atoms with van der Waals surface area (Å²) in [7, 11) is 0. The van der Waals surface area contributed by atoms with Gasteiger partial charge in [-0.2, -0.15) is 0 Å². The summed E-state index contributed by atoms with van der Waals surface area (Å²) in [5.41, 5.74) is 2.36. The van der Waals surface area contributed by atoms with Gasteiger partial charge < -0.3 is 14.8 Å². The van der Waals surface area contributed by atoms with Gasteiger partial charge in [-0.1, -0.05) is 5.16 Å². The maximum absolute atomic E-state index is 11.7. The number of carbonyl (C=O) groups is 1. The number of aromatic nitrogens is 3. The molecular weight excluding hydrogens is 246 g/mol. The lowest BCUT2D eigenvalue weighted by molar-refractivity contribution is 0.262. The number of fused-ring (bicyclic) bond motifs is 1. The van der Waals surface area contributed by atoms with Crippen LogP contribution in [0.3, 0.4) is 0 Å². The van der Waals surface area contributed by atoms with E-state index in [1.165, 1.54) is 0 Å². The van der Waals surface area contributed by atoms with Crippen LogP contribution in [0.5, 0.6) is 0 Å². The molecule has 0 aliphatic rings. The Bertz CT molecular complexity index is 730. The normalized spacial score (nSPS) is 10.6. The minimum absolute atomic E-state index is 0.373. The molecule has 3 N–H and O–H groups in total. The average molecular weight is 257 g/mol. The van der Waals surface area contributed by atoms with Crippen molar-refractivity contribution in [2.75, 3.05) is 10.6 Å².